The van der Waals surface area contributed by atoms with Gasteiger partial charge in [0.25, 0.3) is 0 Å². The predicted octanol–water partition coefficient (Wildman–Crippen LogP) is 2.58. The zero-order chi connectivity index (χ0) is 7.40. The minimum Gasteiger partial charge on any atom is -0.260 e. The van der Waals surface area contributed by atoms with Gasteiger partial charge in [-0.1, -0.05) is 17.7 Å². The van der Waals surface area contributed by atoms with E-state index in [1.54, 1.807) is 0 Å². The van der Waals surface area contributed by atoms with Crippen LogP contribution in [0.2, 0.25) is 0 Å². The molecule has 0 spiro atoms. The summed E-state index contributed by atoms with van der Waals surface area (Å²) in [5.74, 6) is 0. The molecule has 3 heteroatoms. The molecule has 0 aliphatic carbocycles. The zero-order valence-electron chi connectivity index (χ0n) is 5.74. The Labute approximate surface area is 70.1 Å². The summed E-state index contributed by atoms with van der Waals surface area (Å²) in [6, 6.07) is 4.06. The number of aryl methyl sites for hydroxylation is 1. The Kier molecular flexibility index (Phi) is 3.09. The lowest BCUT2D eigenvalue weighted by atomic mass is 10.3. The van der Waals surface area contributed by atoms with Gasteiger partial charge >= 0.3 is 0 Å². The molecule has 1 rings (SSSR count). The van der Waals surface area contributed by atoms with Gasteiger partial charge in [-0.3, -0.25) is 4.98 Å². The second kappa shape index (κ2) is 3.88. The summed E-state index contributed by atoms with van der Waals surface area (Å²) in [7, 11) is 1.42. The van der Waals surface area contributed by atoms with Crippen LogP contribution >= 0.6 is 22.5 Å². The Balaban J connectivity index is 2.80. The van der Waals surface area contributed by atoms with Gasteiger partial charge < -0.3 is 0 Å². The molecule has 1 heterocycles. The molecular formula is C7H9NS2. The highest BCUT2D eigenvalue weighted by Crippen LogP contribution is 2.19. The number of hydrogen-bond acceptors (Lipinski definition) is 3. The van der Waals surface area contributed by atoms with Crippen molar-refractivity contribution in [3.63, 3.8) is 0 Å². The molecule has 54 valence electrons. The maximum absolute atomic E-state index is 4.20. The van der Waals surface area contributed by atoms with Gasteiger partial charge in [0.05, 0.1) is 0 Å². The monoisotopic (exact) mass is 171 g/mol. The summed E-state index contributed by atoms with van der Waals surface area (Å²) >= 11 is 4.05. The van der Waals surface area contributed by atoms with Crippen LogP contribution in [0.4, 0.5) is 0 Å². The minimum atomic E-state index is 0.998. The number of hydrogen-bond donors (Lipinski definition) is 1. The molecule has 0 aliphatic heterocycles. The molecule has 0 aromatic carbocycles. The van der Waals surface area contributed by atoms with Gasteiger partial charge in [-0.2, -0.15) is 0 Å². The van der Waals surface area contributed by atoms with Crippen molar-refractivity contribution in [2.24, 2.45) is 0 Å². The maximum atomic E-state index is 4.20. The fourth-order valence-electron chi connectivity index (χ4n) is 0.674. The molecule has 0 N–H and O–H groups in total. The third-order valence-corrected chi connectivity index (χ3v) is 2.35. The van der Waals surface area contributed by atoms with E-state index in [2.05, 4.69) is 23.6 Å². The summed E-state index contributed by atoms with van der Waals surface area (Å²) in [6.07, 6.45) is 2.84. The zero-order valence-corrected chi connectivity index (χ0v) is 7.45. The number of rotatable bonds is 2. The normalized spacial score (nSPS) is 9.80. The van der Waals surface area contributed by atoms with Crippen LogP contribution in [-0.2, 0) is 6.42 Å². The van der Waals surface area contributed by atoms with Gasteiger partial charge in [0.2, 0.25) is 0 Å². The van der Waals surface area contributed by atoms with Gasteiger partial charge in [0.15, 0.2) is 0 Å². The van der Waals surface area contributed by atoms with Gasteiger partial charge in [-0.15, -0.1) is 11.7 Å². The summed E-state index contributed by atoms with van der Waals surface area (Å²) in [5.41, 5.74) is 1.13. The van der Waals surface area contributed by atoms with Crippen molar-refractivity contribution in [2.75, 3.05) is 0 Å². The summed E-state index contributed by atoms with van der Waals surface area (Å²) in [5, 5.41) is 0. The van der Waals surface area contributed by atoms with Crippen LogP contribution in [0.25, 0.3) is 0 Å². The van der Waals surface area contributed by atoms with Crippen LogP contribution in [0.1, 0.15) is 12.6 Å². The molecule has 0 amide bonds. The molecule has 10 heavy (non-hydrogen) atoms. The topological polar surface area (TPSA) is 12.9 Å². The quantitative estimate of drug-likeness (QED) is 0.542. The van der Waals surface area contributed by atoms with Crippen molar-refractivity contribution < 1.29 is 0 Å². The first kappa shape index (κ1) is 7.95. The summed E-state index contributed by atoms with van der Waals surface area (Å²) < 4.78 is 0. The van der Waals surface area contributed by atoms with Crippen molar-refractivity contribution in [1.29, 1.82) is 0 Å². The molecule has 0 radical (unpaired) electrons. The molecule has 0 saturated carbocycles. The highest BCUT2D eigenvalue weighted by Gasteiger charge is 1.90. The van der Waals surface area contributed by atoms with Crippen LogP contribution in [-0.4, -0.2) is 4.98 Å². The Bertz CT molecular complexity index is 172. The first-order chi connectivity index (χ1) is 4.86. The molecule has 0 unspecified atom stereocenters. The van der Waals surface area contributed by atoms with Gasteiger partial charge in [0.1, 0.15) is 0 Å². The standard InChI is InChI=1S/C7H9NS2/c1-2-6-3-4-7(10-9)5-8-6/h3-5,9H,2H2,1H3. The van der Waals surface area contributed by atoms with E-state index in [1.165, 1.54) is 10.8 Å². The van der Waals surface area contributed by atoms with Gasteiger partial charge in [-0.25, -0.2) is 0 Å². The summed E-state index contributed by atoms with van der Waals surface area (Å²) in [4.78, 5) is 5.30. The number of pyridine rings is 1. The van der Waals surface area contributed by atoms with E-state index < -0.39 is 0 Å². The third kappa shape index (κ3) is 1.92. The Morgan fingerprint density at radius 2 is 2.40 bits per heavy atom. The molecule has 1 aromatic rings. The van der Waals surface area contributed by atoms with E-state index >= 15 is 0 Å². The number of aromatic nitrogens is 1. The van der Waals surface area contributed by atoms with Gasteiger partial charge in [-0.05, 0) is 18.6 Å². The second-order valence-corrected chi connectivity index (χ2v) is 3.13. The van der Waals surface area contributed by atoms with E-state index in [4.69, 9.17) is 0 Å². The SMILES string of the molecule is CCc1ccc(SS)cn1. The fourth-order valence-corrected chi connectivity index (χ4v) is 1.23. The minimum absolute atomic E-state index is 0.998. The highest BCUT2D eigenvalue weighted by molar-refractivity contribution is 8.68. The predicted molar refractivity (Wildman–Crippen MR) is 48.5 cm³/mol. The Morgan fingerprint density at radius 1 is 1.60 bits per heavy atom. The Hall–Kier alpha value is -0.150. The van der Waals surface area contributed by atoms with Gasteiger partial charge in [0, 0.05) is 16.8 Å². The first-order valence-corrected chi connectivity index (χ1v) is 5.00. The fraction of sp³-hybridized carbons (Fsp3) is 0.286. The van der Waals surface area contributed by atoms with Crippen molar-refractivity contribution in [3.8, 4) is 0 Å². The molecule has 0 bridgehead atoms. The molecule has 0 fully saturated rings. The van der Waals surface area contributed by atoms with Crippen LogP contribution < -0.4 is 0 Å². The Morgan fingerprint density at radius 3 is 2.80 bits per heavy atom. The summed E-state index contributed by atoms with van der Waals surface area (Å²) in [6.45, 7) is 2.09. The number of nitrogens with zero attached hydrogens (tertiary/aromatic N) is 1. The maximum Gasteiger partial charge on any atom is 0.0415 e. The van der Waals surface area contributed by atoms with Crippen molar-refractivity contribution in [3.05, 3.63) is 24.0 Å². The van der Waals surface area contributed by atoms with E-state index in [9.17, 15) is 0 Å². The van der Waals surface area contributed by atoms with Crippen molar-refractivity contribution in [1.82, 2.24) is 4.98 Å². The van der Waals surface area contributed by atoms with E-state index in [0.717, 1.165) is 17.0 Å². The average molecular weight is 171 g/mol. The molecule has 1 aromatic heterocycles. The molecular weight excluding hydrogens is 162 g/mol. The van der Waals surface area contributed by atoms with Crippen LogP contribution in [0.3, 0.4) is 0 Å². The lowest BCUT2D eigenvalue weighted by Crippen LogP contribution is -1.83. The lowest BCUT2D eigenvalue weighted by molar-refractivity contribution is 1.02. The van der Waals surface area contributed by atoms with Crippen LogP contribution in [0.15, 0.2) is 23.2 Å². The second-order valence-electron chi connectivity index (χ2n) is 1.93. The molecule has 0 atom stereocenters. The molecule has 1 nitrogen and oxygen atoms in total. The number of thiol groups is 1. The van der Waals surface area contributed by atoms with Crippen molar-refractivity contribution >= 4 is 22.5 Å². The van der Waals surface area contributed by atoms with Crippen LogP contribution in [0, 0.1) is 0 Å². The molecule has 0 saturated heterocycles. The van der Waals surface area contributed by atoms with E-state index in [1.807, 2.05) is 18.3 Å². The highest BCUT2D eigenvalue weighted by atomic mass is 33.1. The van der Waals surface area contributed by atoms with Crippen LogP contribution in [0.5, 0.6) is 0 Å². The van der Waals surface area contributed by atoms with E-state index in [-0.39, 0.29) is 0 Å². The van der Waals surface area contributed by atoms with E-state index in [0.29, 0.717) is 0 Å². The third-order valence-electron chi connectivity index (χ3n) is 1.27. The van der Waals surface area contributed by atoms with Crippen molar-refractivity contribution in [2.45, 2.75) is 18.2 Å². The average Bonchev–Trinajstić information content (AvgIpc) is 2.05. The first-order valence-electron chi connectivity index (χ1n) is 3.13. The molecule has 0 aliphatic rings. The lowest BCUT2D eigenvalue weighted by Gasteiger charge is -1.95. The largest absolute Gasteiger partial charge is 0.260 e. The smallest absolute Gasteiger partial charge is 0.0415 e.